The first kappa shape index (κ1) is 10.5. The lowest BCUT2D eigenvalue weighted by Gasteiger charge is -1.97. The highest BCUT2D eigenvalue weighted by molar-refractivity contribution is 8.00. The zero-order chi connectivity index (χ0) is 10.7. The van der Waals surface area contributed by atoms with Crippen LogP contribution in [0.25, 0.3) is 0 Å². The fourth-order valence-electron chi connectivity index (χ4n) is 0.935. The highest BCUT2D eigenvalue weighted by atomic mass is 32.2. The number of aromatic nitrogens is 3. The Morgan fingerprint density at radius 2 is 2.13 bits per heavy atom. The number of aliphatic hydroxyl groups excluding tert-OH is 1. The molecule has 2 aromatic heterocycles. The van der Waals surface area contributed by atoms with Crippen LogP contribution in [0.15, 0.2) is 27.3 Å². The summed E-state index contributed by atoms with van der Waals surface area (Å²) in [5.41, 5.74) is 1.73. The smallest absolute Gasteiger partial charge is 0.194 e. The second-order valence-electron chi connectivity index (χ2n) is 2.89. The lowest BCUT2D eigenvalue weighted by molar-refractivity contribution is 0.280. The summed E-state index contributed by atoms with van der Waals surface area (Å²) in [5.74, 6) is 0. The van der Waals surface area contributed by atoms with Crippen molar-refractivity contribution in [3.05, 3.63) is 29.0 Å². The maximum absolute atomic E-state index is 8.82. The van der Waals surface area contributed by atoms with Crippen LogP contribution >= 0.6 is 23.1 Å². The van der Waals surface area contributed by atoms with Crippen LogP contribution < -0.4 is 0 Å². The van der Waals surface area contributed by atoms with Crippen molar-refractivity contribution in [1.82, 2.24) is 15.0 Å². The molecule has 2 rings (SSSR count). The highest BCUT2D eigenvalue weighted by Gasteiger charge is 2.04. The van der Waals surface area contributed by atoms with Crippen molar-refractivity contribution >= 4 is 23.1 Å². The molecular weight excluding hydrogens is 230 g/mol. The summed E-state index contributed by atoms with van der Waals surface area (Å²) >= 11 is 3.01. The fourth-order valence-corrected chi connectivity index (χ4v) is 2.57. The zero-order valence-corrected chi connectivity index (χ0v) is 9.68. The third-order valence-corrected chi connectivity index (χ3v) is 3.59. The van der Waals surface area contributed by atoms with Gasteiger partial charge >= 0.3 is 0 Å². The molecule has 2 heterocycles. The van der Waals surface area contributed by atoms with Gasteiger partial charge in [-0.25, -0.2) is 15.0 Å². The Morgan fingerprint density at radius 3 is 2.67 bits per heavy atom. The molecule has 1 N–H and O–H groups in total. The van der Waals surface area contributed by atoms with Crippen LogP contribution in [0.5, 0.6) is 0 Å². The van der Waals surface area contributed by atoms with Gasteiger partial charge in [-0.3, -0.25) is 0 Å². The molecule has 2 aromatic rings. The molecule has 78 valence electrons. The summed E-state index contributed by atoms with van der Waals surface area (Å²) in [6.45, 7) is 1.93. The quantitative estimate of drug-likeness (QED) is 0.829. The molecule has 0 aliphatic carbocycles. The Balaban J connectivity index is 2.11. The second-order valence-corrected chi connectivity index (χ2v) is 4.96. The number of thiazole rings is 1. The predicted octanol–water partition coefficient (Wildman–Crippen LogP) is 1.89. The standard InChI is InChI=1S/C9H9N3OS2/c1-6-5-14-9(12-6)15-8-10-2-7(4-13)3-11-8/h2-3,5,13H,4H2,1H3. The third kappa shape index (κ3) is 2.74. The van der Waals surface area contributed by atoms with E-state index in [4.69, 9.17) is 5.11 Å². The first-order chi connectivity index (χ1) is 7.28. The monoisotopic (exact) mass is 239 g/mol. The molecule has 4 nitrogen and oxygen atoms in total. The van der Waals surface area contributed by atoms with Crippen LogP contribution in [-0.4, -0.2) is 20.1 Å². The summed E-state index contributed by atoms with van der Waals surface area (Å²) in [4.78, 5) is 12.5. The van der Waals surface area contributed by atoms with Crippen LogP contribution in [0, 0.1) is 6.92 Å². The normalized spacial score (nSPS) is 10.5. The van der Waals surface area contributed by atoms with Gasteiger partial charge in [-0.2, -0.15) is 0 Å². The Morgan fingerprint density at radius 1 is 1.40 bits per heavy atom. The van der Waals surface area contributed by atoms with Gasteiger partial charge in [-0.1, -0.05) is 0 Å². The van der Waals surface area contributed by atoms with Gasteiger partial charge in [0.15, 0.2) is 9.50 Å². The molecule has 0 aliphatic rings. The molecule has 0 radical (unpaired) electrons. The van der Waals surface area contributed by atoms with Gasteiger partial charge < -0.3 is 5.11 Å². The average Bonchev–Trinajstić information content (AvgIpc) is 2.65. The molecule has 0 bridgehead atoms. The number of hydrogen-bond acceptors (Lipinski definition) is 6. The Hall–Kier alpha value is -0.980. The molecule has 15 heavy (non-hydrogen) atoms. The Kier molecular flexibility index (Phi) is 3.30. The van der Waals surface area contributed by atoms with Gasteiger partial charge in [0.1, 0.15) is 0 Å². The van der Waals surface area contributed by atoms with Crippen molar-refractivity contribution in [1.29, 1.82) is 0 Å². The molecule has 0 saturated carbocycles. The summed E-state index contributed by atoms with van der Waals surface area (Å²) < 4.78 is 0.934. The zero-order valence-electron chi connectivity index (χ0n) is 8.04. The largest absolute Gasteiger partial charge is 0.392 e. The minimum absolute atomic E-state index is 0.0265. The summed E-state index contributed by atoms with van der Waals surface area (Å²) in [7, 11) is 0. The minimum Gasteiger partial charge on any atom is -0.392 e. The van der Waals surface area contributed by atoms with Crippen molar-refractivity contribution in [2.45, 2.75) is 23.0 Å². The summed E-state index contributed by atoms with van der Waals surface area (Å²) in [6.07, 6.45) is 3.24. The third-order valence-electron chi connectivity index (χ3n) is 1.64. The van der Waals surface area contributed by atoms with Crippen molar-refractivity contribution < 1.29 is 5.11 Å². The lowest BCUT2D eigenvalue weighted by Crippen LogP contribution is -1.90. The van der Waals surface area contributed by atoms with Crippen molar-refractivity contribution in [2.75, 3.05) is 0 Å². The molecule has 0 fully saturated rings. The van der Waals surface area contributed by atoms with Crippen LogP contribution in [0.1, 0.15) is 11.3 Å². The Labute approximate surface area is 95.4 Å². The number of aliphatic hydroxyl groups is 1. The van der Waals surface area contributed by atoms with E-state index in [2.05, 4.69) is 15.0 Å². The second kappa shape index (κ2) is 4.69. The van der Waals surface area contributed by atoms with E-state index in [0.717, 1.165) is 15.6 Å². The van der Waals surface area contributed by atoms with Crippen LogP contribution in [0.3, 0.4) is 0 Å². The van der Waals surface area contributed by atoms with Crippen molar-refractivity contribution in [2.24, 2.45) is 0 Å². The number of hydrogen-bond donors (Lipinski definition) is 1. The summed E-state index contributed by atoms with van der Waals surface area (Å²) in [6, 6.07) is 0. The van der Waals surface area contributed by atoms with E-state index in [9.17, 15) is 0 Å². The lowest BCUT2D eigenvalue weighted by atomic mass is 10.4. The molecule has 0 saturated heterocycles. The van der Waals surface area contributed by atoms with Crippen LogP contribution in [0.4, 0.5) is 0 Å². The van der Waals surface area contributed by atoms with E-state index in [1.165, 1.54) is 11.8 Å². The molecule has 0 aliphatic heterocycles. The number of rotatable bonds is 3. The fraction of sp³-hybridized carbons (Fsp3) is 0.222. The van der Waals surface area contributed by atoms with E-state index < -0.39 is 0 Å². The maximum atomic E-state index is 8.82. The number of aryl methyl sites for hydroxylation is 1. The predicted molar refractivity (Wildman–Crippen MR) is 58.9 cm³/mol. The van der Waals surface area contributed by atoms with Gasteiger partial charge in [0.2, 0.25) is 0 Å². The first-order valence-electron chi connectivity index (χ1n) is 4.29. The molecule has 0 amide bonds. The van der Waals surface area contributed by atoms with E-state index in [-0.39, 0.29) is 6.61 Å². The van der Waals surface area contributed by atoms with Gasteiger partial charge in [0.25, 0.3) is 0 Å². The Bertz CT molecular complexity index is 441. The van der Waals surface area contributed by atoms with E-state index in [0.29, 0.717) is 5.16 Å². The van der Waals surface area contributed by atoms with Crippen LogP contribution in [-0.2, 0) is 6.61 Å². The van der Waals surface area contributed by atoms with E-state index in [1.54, 1.807) is 23.7 Å². The molecular formula is C9H9N3OS2. The van der Waals surface area contributed by atoms with Gasteiger partial charge in [-0.15, -0.1) is 11.3 Å². The topological polar surface area (TPSA) is 58.9 Å². The molecule has 0 spiro atoms. The molecule has 0 unspecified atom stereocenters. The van der Waals surface area contributed by atoms with Gasteiger partial charge in [0.05, 0.1) is 6.61 Å². The SMILES string of the molecule is Cc1csc(Sc2ncc(CO)cn2)n1. The van der Waals surface area contributed by atoms with E-state index in [1.807, 2.05) is 12.3 Å². The van der Waals surface area contributed by atoms with E-state index >= 15 is 0 Å². The summed E-state index contributed by atoms with van der Waals surface area (Å²) in [5, 5.41) is 11.5. The van der Waals surface area contributed by atoms with Crippen molar-refractivity contribution in [3.8, 4) is 0 Å². The molecule has 0 aromatic carbocycles. The minimum atomic E-state index is -0.0265. The van der Waals surface area contributed by atoms with Gasteiger partial charge in [-0.05, 0) is 18.7 Å². The maximum Gasteiger partial charge on any atom is 0.194 e. The van der Waals surface area contributed by atoms with Crippen LogP contribution in [0.2, 0.25) is 0 Å². The van der Waals surface area contributed by atoms with Crippen molar-refractivity contribution in [3.63, 3.8) is 0 Å². The average molecular weight is 239 g/mol. The number of nitrogens with zero attached hydrogens (tertiary/aromatic N) is 3. The van der Waals surface area contributed by atoms with Gasteiger partial charge in [0, 0.05) is 29.0 Å². The molecule has 6 heteroatoms. The first-order valence-corrected chi connectivity index (χ1v) is 5.99. The molecule has 0 atom stereocenters. The highest BCUT2D eigenvalue weighted by Crippen LogP contribution is 2.27.